The fraction of sp³-hybridized carbons (Fsp3) is 0.263. The fourth-order valence-electron chi connectivity index (χ4n) is 2.71. The van der Waals surface area contributed by atoms with Crippen molar-refractivity contribution in [1.82, 2.24) is 14.8 Å². The van der Waals surface area contributed by atoms with Gasteiger partial charge in [-0.15, -0.1) is 10.2 Å². The van der Waals surface area contributed by atoms with Crippen molar-refractivity contribution in [2.45, 2.75) is 41.9 Å². The minimum atomic E-state index is -3.53. The number of rotatable bonds is 8. The summed E-state index contributed by atoms with van der Waals surface area (Å²) in [6.45, 7) is 4.34. The molecule has 2 aromatic carbocycles. The molecule has 8 nitrogen and oxygen atoms in total. The highest BCUT2D eigenvalue weighted by Gasteiger charge is 2.21. The molecule has 0 N–H and O–H groups in total. The maximum atomic E-state index is 12.7. The van der Waals surface area contributed by atoms with E-state index in [0.717, 1.165) is 11.1 Å². The van der Waals surface area contributed by atoms with Gasteiger partial charge >= 0.3 is 0 Å². The lowest BCUT2D eigenvalue weighted by Gasteiger charge is -2.08. The van der Waals surface area contributed by atoms with Gasteiger partial charge in [-0.2, -0.15) is 0 Å². The van der Waals surface area contributed by atoms with Crippen molar-refractivity contribution in [1.29, 1.82) is 0 Å². The second kappa shape index (κ2) is 8.75. The van der Waals surface area contributed by atoms with E-state index in [1.807, 2.05) is 13.8 Å². The first-order valence-electron chi connectivity index (χ1n) is 8.88. The number of aryl methyl sites for hydroxylation is 1. The number of nitrogens with zero attached hydrogens (tertiary/aromatic N) is 4. The van der Waals surface area contributed by atoms with Crippen LogP contribution in [0.1, 0.15) is 23.9 Å². The lowest BCUT2D eigenvalue weighted by Crippen LogP contribution is -2.11. The van der Waals surface area contributed by atoms with Crippen molar-refractivity contribution in [2.24, 2.45) is 0 Å². The van der Waals surface area contributed by atoms with Crippen LogP contribution in [0.25, 0.3) is 0 Å². The van der Waals surface area contributed by atoms with Gasteiger partial charge in [0.15, 0.2) is 15.0 Å². The molecule has 10 heteroatoms. The Labute approximate surface area is 173 Å². The number of aromatic nitrogens is 3. The van der Waals surface area contributed by atoms with Gasteiger partial charge < -0.3 is 4.57 Å². The first-order chi connectivity index (χ1) is 13.8. The average Bonchev–Trinajstić information content (AvgIpc) is 3.07. The Morgan fingerprint density at radius 1 is 1.07 bits per heavy atom. The Hall–Kier alpha value is -2.72. The molecule has 0 saturated carbocycles. The van der Waals surface area contributed by atoms with Gasteiger partial charge in [-0.25, -0.2) is 8.42 Å². The molecule has 0 aliphatic rings. The highest BCUT2D eigenvalue weighted by molar-refractivity contribution is 7.98. The zero-order chi connectivity index (χ0) is 21.0. The van der Waals surface area contributed by atoms with Crippen molar-refractivity contribution < 1.29 is 13.3 Å². The Morgan fingerprint density at radius 3 is 2.31 bits per heavy atom. The van der Waals surface area contributed by atoms with E-state index in [0.29, 0.717) is 23.3 Å². The highest BCUT2D eigenvalue weighted by atomic mass is 32.2. The van der Waals surface area contributed by atoms with Crippen LogP contribution < -0.4 is 0 Å². The van der Waals surface area contributed by atoms with Crippen LogP contribution in [0.15, 0.2) is 58.6 Å². The molecular weight excluding hydrogens is 412 g/mol. The van der Waals surface area contributed by atoms with Crippen LogP contribution >= 0.6 is 11.8 Å². The van der Waals surface area contributed by atoms with Gasteiger partial charge in [-0.3, -0.25) is 10.1 Å². The molecular formula is C19H20N4O4S2. The lowest BCUT2D eigenvalue weighted by molar-refractivity contribution is -0.384. The number of hydrogen-bond acceptors (Lipinski definition) is 7. The number of nitro benzene ring substituents is 1. The van der Waals surface area contributed by atoms with Crippen molar-refractivity contribution >= 4 is 27.3 Å². The van der Waals surface area contributed by atoms with E-state index in [9.17, 15) is 18.5 Å². The SMILES string of the molecule is CCn1c(CS(=O)(=O)c2ccc(C)cc2)nnc1SCc1ccc([N+](=O)[O-])cc1. The maximum absolute atomic E-state index is 12.7. The van der Waals surface area contributed by atoms with E-state index in [2.05, 4.69) is 10.2 Å². The molecule has 3 rings (SSSR count). The molecule has 0 aliphatic heterocycles. The Balaban J connectivity index is 1.74. The van der Waals surface area contributed by atoms with Crippen LogP contribution in [0.5, 0.6) is 0 Å². The number of nitro groups is 1. The van der Waals surface area contributed by atoms with Crippen LogP contribution in [0, 0.1) is 17.0 Å². The zero-order valence-electron chi connectivity index (χ0n) is 16.0. The van der Waals surface area contributed by atoms with E-state index in [4.69, 9.17) is 0 Å². The summed E-state index contributed by atoms with van der Waals surface area (Å²) >= 11 is 1.41. The summed E-state index contributed by atoms with van der Waals surface area (Å²) in [6, 6.07) is 13.0. The van der Waals surface area contributed by atoms with Crippen LogP contribution in [0.3, 0.4) is 0 Å². The summed E-state index contributed by atoms with van der Waals surface area (Å²) in [6.07, 6.45) is 0. The first-order valence-corrected chi connectivity index (χ1v) is 11.5. The van der Waals surface area contributed by atoms with Crippen molar-refractivity contribution in [3.05, 3.63) is 75.6 Å². The number of benzene rings is 2. The molecule has 29 heavy (non-hydrogen) atoms. The summed E-state index contributed by atoms with van der Waals surface area (Å²) in [4.78, 5) is 10.6. The zero-order valence-corrected chi connectivity index (χ0v) is 17.6. The molecule has 0 atom stereocenters. The third-order valence-corrected chi connectivity index (χ3v) is 6.99. The molecule has 1 aromatic heterocycles. The topological polar surface area (TPSA) is 108 Å². The third-order valence-electron chi connectivity index (χ3n) is 4.32. The standard InChI is InChI=1S/C19H20N4O4S2/c1-3-22-18(13-29(26,27)17-10-4-14(2)5-11-17)20-21-19(22)28-12-15-6-8-16(9-7-15)23(24)25/h4-11H,3,12-13H2,1-2H3. The minimum absolute atomic E-state index is 0.0408. The van der Waals surface area contributed by atoms with E-state index >= 15 is 0 Å². The second-order valence-electron chi connectivity index (χ2n) is 6.43. The predicted octanol–water partition coefficient (Wildman–Crippen LogP) is 3.78. The van der Waals surface area contributed by atoms with Crippen LogP contribution in [-0.2, 0) is 27.9 Å². The number of thioether (sulfide) groups is 1. The molecule has 0 spiro atoms. The molecule has 152 valence electrons. The van der Waals surface area contributed by atoms with E-state index in [1.165, 1.54) is 23.9 Å². The quantitative estimate of drug-likeness (QED) is 0.303. The van der Waals surface area contributed by atoms with Crippen LogP contribution in [0.2, 0.25) is 0 Å². The van der Waals surface area contributed by atoms with Crippen LogP contribution in [-0.4, -0.2) is 28.1 Å². The second-order valence-corrected chi connectivity index (χ2v) is 9.36. The molecule has 1 heterocycles. The lowest BCUT2D eigenvalue weighted by atomic mass is 10.2. The fourth-order valence-corrected chi connectivity index (χ4v) is 4.96. The molecule has 3 aromatic rings. The third kappa shape index (κ3) is 5.01. The molecule has 0 saturated heterocycles. The first kappa shape index (κ1) is 21.0. The van der Waals surface area contributed by atoms with Crippen molar-refractivity contribution in [3.63, 3.8) is 0 Å². The smallest absolute Gasteiger partial charge is 0.269 e. The molecule has 0 radical (unpaired) electrons. The van der Waals surface area contributed by atoms with Gasteiger partial charge in [0.05, 0.1) is 9.82 Å². The van der Waals surface area contributed by atoms with Gasteiger partial charge in [0.1, 0.15) is 11.6 Å². The normalized spacial score (nSPS) is 11.5. The number of hydrogen-bond donors (Lipinski definition) is 0. The minimum Gasteiger partial charge on any atom is -0.305 e. The maximum Gasteiger partial charge on any atom is 0.269 e. The molecule has 0 bridgehead atoms. The monoisotopic (exact) mass is 432 g/mol. The van der Waals surface area contributed by atoms with Crippen LogP contribution in [0.4, 0.5) is 5.69 Å². The van der Waals surface area contributed by atoms with E-state index in [1.54, 1.807) is 41.0 Å². The number of non-ortho nitro benzene ring substituents is 1. The van der Waals surface area contributed by atoms with E-state index in [-0.39, 0.29) is 16.3 Å². The summed E-state index contributed by atoms with van der Waals surface area (Å²) in [5.74, 6) is 0.704. The molecule has 0 aliphatic carbocycles. The van der Waals surface area contributed by atoms with Crippen molar-refractivity contribution in [2.75, 3.05) is 0 Å². The molecule has 0 amide bonds. The Morgan fingerprint density at radius 2 is 1.72 bits per heavy atom. The Bertz CT molecular complexity index is 1110. The summed E-state index contributed by atoms with van der Waals surface area (Å²) in [7, 11) is -3.53. The van der Waals surface area contributed by atoms with Gasteiger partial charge in [-0.1, -0.05) is 41.6 Å². The highest BCUT2D eigenvalue weighted by Crippen LogP contribution is 2.25. The summed E-state index contributed by atoms with van der Waals surface area (Å²) < 4.78 is 27.2. The average molecular weight is 433 g/mol. The largest absolute Gasteiger partial charge is 0.305 e. The Kier molecular flexibility index (Phi) is 6.33. The summed E-state index contributed by atoms with van der Waals surface area (Å²) in [5.41, 5.74) is 1.93. The van der Waals surface area contributed by atoms with Gasteiger partial charge in [0.25, 0.3) is 5.69 Å². The number of sulfone groups is 1. The van der Waals surface area contributed by atoms with Crippen molar-refractivity contribution in [3.8, 4) is 0 Å². The van der Waals surface area contributed by atoms with E-state index < -0.39 is 14.8 Å². The van der Waals surface area contributed by atoms with Gasteiger partial charge in [0.2, 0.25) is 0 Å². The summed E-state index contributed by atoms with van der Waals surface area (Å²) in [5, 5.41) is 19.6. The predicted molar refractivity (Wildman–Crippen MR) is 110 cm³/mol. The van der Waals surface area contributed by atoms with Gasteiger partial charge in [0, 0.05) is 24.4 Å². The van der Waals surface area contributed by atoms with Gasteiger partial charge in [-0.05, 0) is 31.5 Å². The molecule has 0 unspecified atom stereocenters. The molecule has 0 fully saturated rings.